The zero-order chi connectivity index (χ0) is 45.9. The molecule has 3 amide bonds. The average molecular weight is 920 g/mol. The zero-order valence-electron chi connectivity index (χ0n) is 36.6. The number of hydrogen-bond acceptors (Lipinski definition) is 12. The van der Waals surface area contributed by atoms with E-state index in [0.717, 1.165) is 18.5 Å². The van der Waals surface area contributed by atoms with Crippen LogP contribution in [0.2, 0.25) is 0 Å². The molecule has 8 heterocycles. The molecule has 10 rings (SSSR count). The Kier molecular flexibility index (Phi) is 11.8. The number of morpholine rings is 1. The van der Waals surface area contributed by atoms with Crippen molar-refractivity contribution in [1.29, 1.82) is 0 Å². The lowest BCUT2D eigenvalue weighted by molar-refractivity contribution is -0.135. The molecule has 2 atom stereocenters. The quantitative estimate of drug-likeness (QED) is 0.154. The van der Waals surface area contributed by atoms with Gasteiger partial charge in [0, 0.05) is 78.2 Å². The number of nitrogens with one attached hydrogen (secondary N) is 2. The van der Waals surface area contributed by atoms with Gasteiger partial charge in [0.25, 0.3) is 18.3 Å². The third-order valence-corrected chi connectivity index (χ3v) is 14.2. The SMILES string of the molecule is Cn1c(=O)n(C2CCC(=O)NC2=O)c2cccc(N3CCN([C@@H]4CCN(C[C@H]5CC[C@H](n6cc(NC(=O)c7cnn8ccc(N9CCOCC9)nc78)c(C(F)F)n6)CC5)CC4(F)F)CC3)c21. The Hall–Kier alpha value is -5.87. The van der Waals surface area contributed by atoms with Crippen LogP contribution in [0.1, 0.15) is 79.5 Å². The fourth-order valence-electron chi connectivity index (χ4n) is 10.8. The van der Waals surface area contributed by atoms with Crippen LogP contribution in [0.15, 0.2) is 47.7 Å². The van der Waals surface area contributed by atoms with Crippen molar-refractivity contribution in [2.75, 3.05) is 87.2 Å². The fourth-order valence-corrected chi connectivity index (χ4v) is 10.8. The second kappa shape index (κ2) is 17.7. The number of ether oxygens (including phenoxy) is 1. The number of imidazole rings is 1. The summed E-state index contributed by atoms with van der Waals surface area (Å²) < 4.78 is 72.1. The predicted molar refractivity (Wildman–Crippen MR) is 234 cm³/mol. The van der Waals surface area contributed by atoms with E-state index in [9.17, 15) is 28.0 Å². The lowest BCUT2D eigenvalue weighted by Gasteiger charge is -2.47. The summed E-state index contributed by atoms with van der Waals surface area (Å²) in [5.41, 5.74) is 1.49. The van der Waals surface area contributed by atoms with Crippen LogP contribution in [-0.2, 0) is 21.4 Å². The number of nitrogens with zero attached hydrogens (tertiary/aromatic N) is 11. The van der Waals surface area contributed by atoms with Crippen molar-refractivity contribution in [3.63, 3.8) is 0 Å². The molecule has 5 aromatic rings. The molecule has 5 aliphatic rings. The van der Waals surface area contributed by atoms with E-state index < -0.39 is 41.9 Å². The summed E-state index contributed by atoms with van der Waals surface area (Å²) >= 11 is 0. The van der Waals surface area contributed by atoms with Gasteiger partial charge in [0.1, 0.15) is 17.4 Å². The smallest absolute Gasteiger partial charge is 0.329 e. The largest absolute Gasteiger partial charge is 0.378 e. The highest BCUT2D eigenvalue weighted by atomic mass is 19.3. The van der Waals surface area contributed by atoms with Crippen molar-refractivity contribution in [2.45, 2.75) is 75.4 Å². The van der Waals surface area contributed by atoms with E-state index in [1.165, 1.54) is 30.7 Å². The van der Waals surface area contributed by atoms with Crippen molar-refractivity contribution in [1.82, 2.24) is 48.6 Å². The molecule has 0 radical (unpaired) electrons. The summed E-state index contributed by atoms with van der Waals surface area (Å²) in [5.74, 6) is -3.61. The third kappa shape index (κ3) is 8.31. The fraction of sp³-hybridized carbons (Fsp3) is 0.568. The van der Waals surface area contributed by atoms with Crippen molar-refractivity contribution in [3.8, 4) is 0 Å². The van der Waals surface area contributed by atoms with Gasteiger partial charge in [-0.3, -0.25) is 43.3 Å². The second-order valence-electron chi connectivity index (χ2n) is 18.2. The first-order valence-electron chi connectivity index (χ1n) is 22.8. The maximum Gasteiger partial charge on any atom is 0.329 e. The molecule has 1 saturated carbocycles. The number of likely N-dealkylation sites (tertiary alicyclic amines) is 1. The molecule has 1 aliphatic carbocycles. The molecular weight excluding hydrogens is 867 g/mol. The molecule has 4 saturated heterocycles. The van der Waals surface area contributed by atoms with E-state index in [-0.39, 0.29) is 54.2 Å². The molecule has 1 aromatic carbocycles. The number of halogens is 4. The number of anilines is 3. The number of imide groups is 1. The summed E-state index contributed by atoms with van der Waals surface area (Å²) in [6, 6.07) is 5.42. The van der Waals surface area contributed by atoms with Gasteiger partial charge in [-0.15, -0.1) is 0 Å². The summed E-state index contributed by atoms with van der Waals surface area (Å²) in [6.45, 7) is 4.93. The van der Waals surface area contributed by atoms with Gasteiger partial charge in [0.2, 0.25) is 11.8 Å². The maximum atomic E-state index is 16.1. The summed E-state index contributed by atoms with van der Waals surface area (Å²) in [6.07, 6.45) is 4.97. The number of carbonyl (C=O) groups excluding carboxylic acids is 3. The summed E-state index contributed by atoms with van der Waals surface area (Å²) in [7, 11) is 1.65. The molecule has 1 unspecified atom stereocenters. The number of piperidine rings is 2. The Balaban J connectivity index is 0.728. The molecular formula is C44H53F4N13O5. The molecule has 4 aromatic heterocycles. The van der Waals surface area contributed by atoms with Gasteiger partial charge in [0.05, 0.1) is 60.4 Å². The van der Waals surface area contributed by atoms with Crippen molar-refractivity contribution in [2.24, 2.45) is 13.0 Å². The molecule has 0 spiro atoms. The summed E-state index contributed by atoms with van der Waals surface area (Å²) in [4.78, 5) is 64.0. The number of aryl methyl sites for hydroxylation is 1. The number of benzene rings is 1. The highest BCUT2D eigenvalue weighted by molar-refractivity contribution is 6.08. The standard InChI is InChI=1S/C44H53F4N13O5/c1-54-38-31(3-2-4-32(38)61(43(54)65)33-9-10-36(62)52-42(33)64)56-15-17-57(18-16-56)34-11-13-55(26-44(34,47)48)24-27-5-7-28(8-6-27)60-25-30(37(53-60)39(45)46)50-41(63)29-23-49-59-14-12-35(51-40(29)59)58-19-21-66-22-20-58/h2-4,12,14,23,25,27-28,33-34,39H,5-11,13,15-22,24,26H2,1H3,(H,50,63)(H,52,62,64)/t27-,28-,33?,34-/m1/s1. The topological polar surface area (TPSA) is 172 Å². The minimum Gasteiger partial charge on any atom is -0.378 e. The molecule has 5 fully saturated rings. The number of rotatable bonds is 10. The number of amides is 3. The zero-order valence-corrected chi connectivity index (χ0v) is 36.6. The minimum atomic E-state index is -2.94. The molecule has 2 N–H and O–H groups in total. The molecule has 66 heavy (non-hydrogen) atoms. The Bertz CT molecular complexity index is 2690. The maximum absolute atomic E-state index is 16.1. The van der Waals surface area contributed by atoms with Gasteiger partial charge in [0.15, 0.2) is 11.3 Å². The second-order valence-corrected chi connectivity index (χ2v) is 18.2. The van der Waals surface area contributed by atoms with E-state index >= 15 is 8.78 Å². The van der Waals surface area contributed by atoms with E-state index in [1.54, 1.807) is 25.4 Å². The van der Waals surface area contributed by atoms with E-state index in [2.05, 4.69) is 30.7 Å². The van der Waals surface area contributed by atoms with Crippen molar-refractivity contribution < 1.29 is 36.7 Å². The number of piperazine rings is 1. The Labute approximate surface area is 376 Å². The lowest BCUT2D eigenvalue weighted by Crippen LogP contribution is -2.62. The molecule has 352 valence electrons. The molecule has 0 bridgehead atoms. The average Bonchev–Trinajstić information content (AvgIpc) is 4.01. The number of carbonyl (C=O) groups is 3. The number of fused-ring (bicyclic) bond motifs is 2. The highest BCUT2D eigenvalue weighted by Crippen LogP contribution is 2.38. The van der Waals surface area contributed by atoms with Gasteiger partial charge in [-0.1, -0.05) is 6.07 Å². The normalized spacial score (nSPS) is 24.7. The van der Waals surface area contributed by atoms with E-state index in [4.69, 9.17) is 4.74 Å². The van der Waals surface area contributed by atoms with Crippen LogP contribution in [0.4, 0.5) is 34.8 Å². The van der Waals surface area contributed by atoms with E-state index in [0.29, 0.717) is 107 Å². The lowest BCUT2D eigenvalue weighted by atomic mass is 9.85. The van der Waals surface area contributed by atoms with Gasteiger partial charge in [-0.2, -0.15) is 10.2 Å². The van der Waals surface area contributed by atoms with Crippen LogP contribution in [0.3, 0.4) is 0 Å². The van der Waals surface area contributed by atoms with Crippen LogP contribution in [0.25, 0.3) is 16.7 Å². The number of alkyl halides is 4. The monoisotopic (exact) mass is 919 g/mol. The number of hydrogen-bond donors (Lipinski definition) is 2. The van der Waals surface area contributed by atoms with Crippen LogP contribution in [-0.4, -0.2) is 145 Å². The Morgan fingerprint density at radius 2 is 1.73 bits per heavy atom. The summed E-state index contributed by atoms with van der Waals surface area (Å²) in [5, 5.41) is 13.4. The van der Waals surface area contributed by atoms with Crippen LogP contribution >= 0.6 is 0 Å². The van der Waals surface area contributed by atoms with Crippen LogP contribution in [0.5, 0.6) is 0 Å². The Morgan fingerprint density at radius 1 is 0.955 bits per heavy atom. The molecule has 18 nitrogen and oxygen atoms in total. The predicted octanol–water partition coefficient (Wildman–Crippen LogP) is 3.85. The van der Waals surface area contributed by atoms with Gasteiger partial charge >= 0.3 is 5.69 Å². The first kappa shape index (κ1) is 44.0. The Morgan fingerprint density at radius 3 is 2.45 bits per heavy atom. The first-order chi connectivity index (χ1) is 31.8. The van der Waals surface area contributed by atoms with Gasteiger partial charge in [-0.25, -0.2) is 31.9 Å². The third-order valence-electron chi connectivity index (χ3n) is 14.2. The van der Waals surface area contributed by atoms with Crippen molar-refractivity contribution in [3.05, 3.63) is 64.6 Å². The molecule has 4 aliphatic heterocycles. The van der Waals surface area contributed by atoms with Crippen LogP contribution in [0, 0.1) is 5.92 Å². The van der Waals surface area contributed by atoms with E-state index in [1.807, 2.05) is 26.8 Å². The number of para-hydroxylation sites is 1. The molecule has 22 heteroatoms. The van der Waals surface area contributed by atoms with Gasteiger partial charge < -0.3 is 19.9 Å². The first-order valence-corrected chi connectivity index (χ1v) is 22.8. The highest BCUT2D eigenvalue weighted by Gasteiger charge is 2.48. The van der Waals surface area contributed by atoms with Crippen LogP contribution < -0.4 is 26.1 Å². The van der Waals surface area contributed by atoms with Crippen molar-refractivity contribution >= 4 is 51.6 Å². The minimum absolute atomic E-state index is 0.0849. The number of aromatic nitrogens is 7. The van der Waals surface area contributed by atoms with Gasteiger partial charge in [-0.05, 0) is 62.6 Å².